The summed E-state index contributed by atoms with van der Waals surface area (Å²) in [6, 6.07) is 3.98. The third kappa shape index (κ3) is 3.46. The first kappa shape index (κ1) is 18.5. The highest BCUT2D eigenvalue weighted by Crippen LogP contribution is 2.28. The van der Waals surface area contributed by atoms with E-state index in [1.165, 1.54) is 0 Å². The maximum Gasteiger partial charge on any atom is 0.263 e. The number of hydrogen-bond donors (Lipinski definition) is 1. The van der Waals surface area contributed by atoms with E-state index < -0.39 is 5.91 Å². The molecule has 0 bridgehead atoms. The number of aryl methyl sites for hydroxylation is 4. The number of nitrogens with one attached hydrogen (secondary N) is 1. The Labute approximate surface area is 150 Å². The summed E-state index contributed by atoms with van der Waals surface area (Å²) in [5.41, 5.74) is 3.10. The molecule has 1 aromatic heterocycles. The Hall–Kier alpha value is -1.88. The Morgan fingerprint density at radius 2 is 1.62 bits per heavy atom. The predicted molar refractivity (Wildman–Crippen MR) is 100 cm³/mol. The third-order valence-electron chi connectivity index (χ3n) is 4.25. The lowest BCUT2D eigenvalue weighted by molar-refractivity contribution is 0.102. The van der Waals surface area contributed by atoms with Crippen molar-refractivity contribution in [3.05, 3.63) is 60.6 Å². The van der Waals surface area contributed by atoms with E-state index in [1.807, 2.05) is 26.0 Å². The minimum absolute atomic E-state index is 0.0742. The van der Waals surface area contributed by atoms with Crippen molar-refractivity contribution < 1.29 is 9.21 Å². The van der Waals surface area contributed by atoms with Gasteiger partial charge in [-0.05, 0) is 56.9 Å². The van der Waals surface area contributed by atoms with Gasteiger partial charge in [-0.15, -0.1) is 0 Å². The maximum atomic E-state index is 12.8. The summed E-state index contributed by atoms with van der Waals surface area (Å²) in [5.74, 6) is 0.464. The summed E-state index contributed by atoms with van der Waals surface area (Å²) in [5, 5.41) is 2.93. The zero-order valence-electron chi connectivity index (χ0n) is 14.7. The van der Waals surface area contributed by atoms with Crippen LogP contribution >= 0.6 is 15.9 Å². The summed E-state index contributed by atoms with van der Waals surface area (Å²) < 4.78 is 6.53. The number of carbonyl (C=O) groups is 1. The van der Waals surface area contributed by atoms with Gasteiger partial charge >= 0.3 is 0 Å². The fourth-order valence-corrected chi connectivity index (χ4v) is 3.30. The van der Waals surface area contributed by atoms with Gasteiger partial charge in [0, 0.05) is 15.7 Å². The first-order chi connectivity index (χ1) is 11.3. The van der Waals surface area contributed by atoms with Crippen LogP contribution in [0.25, 0.3) is 0 Å². The Kier molecular flexibility index (Phi) is 5.65. The van der Waals surface area contributed by atoms with Crippen molar-refractivity contribution in [3.63, 3.8) is 0 Å². The zero-order chi connectivity index (χ0) is 18.0. The third-order valence-corrected chi connectivity index (χ3v) is 4.71. The molecule has 1 aromatic carbocycles. The van der Waals surface area contributed by atoms with Gasteiger partial charge < -0.3 is 9.73 Å². The highest BCUT2D eigenvalue weighted by molar-refractivity contribution is 9.10. The van der Waals surface area contributed by atoms with E-state index in [2.05, 4.69) is 21.2 Å². The number of amides is 1. The second-order valence-electron chi connectivity index (χ2n) is 5.80. The molecule has 5 heteroatoms. The minimum atomic E-state index is -0.420. The highest BCUT2D eigenvalue weighted by atomic mass is 79.9. The van der Waals surface area contributed by atoms with Crippen molar-refractivity contribution in [3.8, 4) is 0 Å². The molecule has 1 amide bonds. The van der Waals surface area contributed by atoms with Gasteiger partial charge in [-0.1, -0.05) is 29.8 Å². The predicted octanol–water partition coefficient (Wildman–Crippen LogP) is 4.70. The van der Waals surface area contributed by atoms with Crippen molar-refractivity contribution in [2.24, 2.45) is 0 Å². The van der Waals surface area contributed by atoms with Gasteiger partial charge in [-0.2, -0.15) is 0 Å². The maximum absolute atomic E-state index is 12.8. The summed E-state index contributed by atoms with van der Waals surface area (Å²) in [7, 11) is 0. The van der Waals surface area contributed by atoms with Crippen LogP contribution in [0, 0.1) is 20.8 Å². The van der Waals surface area contributed by atoms with Crippen molar-refractivity contribution >= 4 is 27.5 Å². The Morgan fingerprint density at radius 3 is 2.12 bits per heavy atom. The van der Waals surface area contributed by atoms with Gasteiger partial charge in [0.05, 0.1) is 0 Å². The normalized spacial score (nSPS) is 10.8. The molecule has 128 valence electrons. The molecule has 1 heterocycles. The van der Waals surface area contributed by atoms with Crippen LogP contribution in [-0.2, 0) is 12.8 Å². The van der Waals surface area contributed by atoms with Gasteiger partial charge in [0.25, 0.3) is 5.91 Å². The second-order valence-corrected chi connectivity index (χ2v) is 6.72. The van der Waals surface area contributed by atoms with E-state index in [9.17, 15) is 9.59 Å². The molecule has 4 nitrogen and oxygen atoms in total. The van der Waals surface area contributed by atoms with Crippen molar-refractivity contribution in [2.75, 3.05) is 5.32 Å². The number of anilines is 1. The Balaban J connectivity index is 2.52. The molecule has 0 aliphatic heterocycles. The lowest BCUT2D eigenvalue weighted by Crippen LogP contribution is -2.26. The monoisotopic (exact) mass is 391 g/mol. The number of hydrogen-bond acceptors (Lipinski definition) is 3. The molecule has 0 saturated heterocycles. The quantitative estimate of drug-likeness (QED) is 0.820. The molecule has 2 rings (SSSR count). The average Bonchev–Trinajstić information content (AvgIpc) is 2.53. The SMILES string of the molecule is CCc1cc(Br)cc(CC)c1NC(=O)c1c(C)oc(C)c(C)c1=O. The molecule has 0 unspecified atom stereocenters. The molecule has 0 atom stereocenters. The minimum Gasteiger partial charge on any atom is -0.465 e. The van der Waals surface area contributed by atoms with Crippen LogP contribution in [0.1, 0.15) is 52.4 Å². The molecule has 0 saturated carbocycles. The number of carbonyl (C=O) groups excluding carboxylic acids is 1. The number of halogens is 1. The molecule has 2 aromatic rings. The molecule has 0 aliphatic rings. The number of rotatable bonds is 4. The van der Waals surface area contributed by atoms with E-state index in [1.54, 1.807) is 20.8 Å². The summed E-state index contributed by atoms with van der Waals surface area (Å²) in [4.78, 5) is 25.2. The smallest absolute Gasteiger partial charge is 0.263 e. The van der Waals surface area contributed by atoms with Crippen molar-refractivity contribution in [2.45, 2.75) is 47.5 Å². The fourth-order valence-electron chi connectivity index (χ4n) is 2.75. The number of benzene rings is 1. The van der Waals surface area contributed by atoms with E-state index in [0.29, 0.717) is 17.1 Å². The average molecular weight is 392 g/mol. The van der Waals surface area contributed by atoms with Crippen LogP contribution in [0.2, 0.25) is 0 Å². The fraction of sp³-hybridized carbons (Fsp3) is 0.368. The molecular formula is C19H22BrNO3. The zero-order valence-corrected chi connectivity index (χ0v) is 16.3. The molecular weight excluding hydrogens is 370 g/mol. The lowest BCUT2D eigenvalue weighted by atomic mass is 10.0. The van der Waals surface area contributed by atoms with Gasteiger partial charge in [0.1, 0.15) is 17.1 Å². The summed E-state index contributed by atoms with van der Waals surface area (Å²) >= 11 is 3.50. The van der Waals surface area contributed by atoms with Gasteiger partial charge in [0.2, 0.25) is 5.43 Å². The van der Waals surface area contributed by atoms with E-state index in [-0.39, 0.29) is 11.0 Å². The molecule has 0 spiro atoms. The van der Waals surface area contributed by atoms with Crippen molar-refractivity contribution in [1.82, 2.24) is 0 Å². The highest BCUT2D eigenvalue weighted by Gasteiger charge is 2.20. The van der Waals surface area contributed by atoms with E-state index >= 15 is 0 Å². The van der Waals surface area contributed by atoms with Crippen LogP contribution in [0.15, 0.2) is 25.8 Å². The molecule has 0 aliphatic carbocycles. The van der Waals surface area contributed by atoms with Crippen LogP contribution in [0.4, 0.5) is 5.69 Å². The second kappa shape index (κ2) is 7.34. The lowest BCUT2D eigenvalue weighted by Gasteiger charge is -2.16. The molecule has 0 fully saturated rings. The molecule has 0 radical (unpaired) electrons. The first-order valence-corrected chi connectivity index (χ1v) is 8.82. The topological polar surface area (TPSA) is 59.3 Å². The van der Waals surface area contributed by atoms with Crippen LogP contribution in [-0.4, -0.2) is 5.91 Å². The standard InChI is InChI=1S/C19H22BrNO3/c1-6-13-8-15(20)9-14(7-2)17(13)21-19(23)16-12(5)24-11(4)10(3)18(16)22/h8-9H,6-7H2,1-5H3,(H,21,23). The summed E-state index contributed by atoms with van der Waals surface area (Å²) in [6.45, 7) is 9.11. The Bertz CT molecular complexity index is 827. The van der Waals surface area contributed by atoms with Crippen LogP contribution < -0.4 is 10.7 Å². The van der Waals surface area contributed by atoms with Crippen LogP contribution in [0.5, 0.6) is 0 Å². The van der Waals surface area contributed by atoms with Gasteiger partial charge in [-0.3, -0.25) is 9.59 Å². The molecule has 24 heavy (non-hydrogen) atoms. The largest absolute Gasteiger partial charge is 0.465 e. The Morgan fingerprint density at radius 1 is 1.08 bits per heavy atom. The molecule has 1 N–H and O–H groups in total. The van der Waals surface area contributed by atoms with E-state index in [4.69, 9.17) is 4.42 Å². The van der Waals surface area contributed by atoms with Crippen molar-refractivity contribution in [1.29, 1.82) is 0 Å². The van der Waals surface area contributed by atoms with Gasteiger partial charge in [0.15, 0.2) is 0 Å². The van der Waals surface area contributed by atoms with Crippen LogP contribution in [0.3, 0.4) is 0 Å². The summed E-state index contributed by atoms with van der Waals surface area (Å²) in [6.07, 6.45) is 1.56. The van der Waals surface area contributed by atoms with E-state index in [0.717, 1.165) is 34.1 Å². The first-order valence-electron chi connectivity index (χ1n) is 8.03. The van der Waals surface area contributed by atoms with Gasteiger partial charge in [-0.25, -0.2) is 0 Å².